The summed E-state index contributed by atoms with van der Waals surface area (Å²) < 4.78 is 5.81. The number of hydrogen-bond acceptors (Lipinski definition) is 2. The van der Waals surface area contributed by atoms with E-state index in [1.807, 2.05) is 19.1 Å². The van der Waals surface area contributed by atoms with Crippen molar-refractivity contribution in [3.8, 4) is 0 Å². The summed E-state index contributed by atoms with van der Waals surface area (Å²) in [5.41, 5.74) is 1.12. The maximum Gasteiger partial charge on any atom is 0.0667 e. The lowest BCUT2D eigenvalue weighted by Crippen LogP contribution is -2.59. The van der Waals surface area contributed by atoms with E-state index < -0.39 is 0 Å². The van der Waals surface area contributed by atoms with Crippen LogP contribution in [0.5, 0.6) is 0 Å². The van der Waals surface area contributed by atoms with Gasteiger partial charge in [-0.2, -0.15) is 0 Å². The Balaban J connectivity index is 2.08. The molecule has 3 unspecified atom stereocenters. The fraction of sp³-hybridized carbons (Fsp3) is 0.600. The highest BCUT2D eigenvalue weighted by molar-refractivity contribution is 6.36. The van der Waals surface area contributed by atoms with E-state index in [1.165, 1.54) is 0 Å². The first-order valence-corrected chi connectivity index (χ1v) is 7.60. The molecule has 0 heterocycles. The van der Waals surface area contributed by atoms with E-state index in [-0.39, 0.29) is 5.41 Å². The molecule has 1 saturated carbocycles. The number of ether oxygens (including phenoxy) is 1. The van der Waals surface area contributed by atoms with Crippen LogP contribution in [0.25, 0.3) is 0 Å². The van der Waals surface area contributed by atoms with Crippen LogP contribution in [0.2, 0.25) is 10.0 Å². The van der Waals surface area contributed by atoms with Crippen LogP contribution in [-0.2, 0) is 4.74 Å². The Morgan fingerprint density at radius 1 is 1.37 bits per heavy atom. The van der Waals surface area contributed by atoms with E-state index in [0.717, 1.165) is 25.1 Å². The Kier molecular flexibility index (Phi) is 4.65. The molecule has 1 fully saturated rings. The van der Waals surface area contributed by atoms with Crippen molar-refractivity contribution in [1.82, 2.24) is 0 Å². The molecule has 0 aromatic heterocycles. The molecule has 106 valence electrons. The van der Waals surface area contributed by atoms with Gasteiger partial charge in [-0.3, -0.25) is 0 Å². The van der Waals surface area contributed by atoms with E-state index in [9.17, 15) is 0 Å². The average molecular weight is 302 g/mol. The van der Waals surface area contributed by atoms with Gasteiger partial charge in [-0.1, -0.05) is 37.0 Å². The van der Waals surface area contributed by atoms with Gasteiger partial charge < -0.3 is 10.1 Å². The molecular weight excluding hydrogens is 281 g/mol. The number of halogens is 2. The van der Waals surface area contributed by atoms with Gasteiger partial charge in [-0.05, 0) is 38.0 Å². The van der Waals surface area contributed by atoms with Gasteiger partial charge in [0.2, 0.25) is 0 Å². The standard InChI is InChI=1S/C15H21Cl2NO/c1-4-15(3)13(9-14(15)19-5-2)18-12-7-6-10(16)8-11(12)17/h6-8,13-14,18H,4-5,9H2,1-3H3. The predicted octanol–water partition coefficient (Wildman–Crippen LogP) is 5.00. The van der Waals surface area contributed by atoms with Gasteiger partial charge >= 0.3 is 0 Å². The van der Waals surface area contributed by atoms with E-state index in [1.54, 1.807) is 6.07 Å². The minimum atomic E-state index is 0.166. The van der Waals surface area contributed by atoms with Crippen LogP contribution in [0.15, 0.2) is 18.2 Å². The predicted molar refractivity (Wildman–Crippen MR) is 82.3 cm³/mol. The van der Waals surface area contributed by atoms with Crippen molar-refractivity contribution in [2.45, 2.75) is 45.8 Å². The average Bonchev–Trinajstić information content (AvgIpc) is 2.39. The largest absolute Gasteiger partial charge is 0.380 e. The molecule has 0 bridgehead atoms. The van der Waals surface area contributed by atoms with Gasteiger partial charge in [0.05, 0.1) is 16.8 Å². The van der Waals surface area contributed by atoms with Crippen LogP contribution in [0.3, 0.4) is 0 Å². The molecule has 3 atom stereocenters. The first kappa shape index (κ1) is 15.0. The third-order valence-corrected chi connectivity index (χ3v) is 4.92. The van der Waals surface area contributed by atoms with E-state index in [2.05, 4.69) is 19.2 Å². The molecule has 0 radical (unpaired) electrons. The summed E-state index contributed by atoms with van der Waals surface area (Å²) in [6, 6.07) is 5.97. The zero-order chi connectivity index (χ0) is 14.0. The highest BCUT2D eigenvalue weighted by atomic mass is 35.5. The lowest BCUT2D eigenvalue weighted by molar-refractivity contribution is -0.109. The quantitative estimate of drug-likeness (QED) is 0.826. The summed E-state index contributed by atoms with van der Waals surface area (Å²) in [4.78, 5) is 0. The SMILES string of the molecule is CCOC1CC(Nc2ccc(Cl)cc2Cl)C1(C)CC. The summed E-state index contributed by atoms with van der Waals surface area (Å²) in [6.45, 7) is 7.31. The molecular formula is C15H21Cl2NO. The third kappa shape index (κ3) is 2.86. The normalized spacial score (nSPS) is 29.9. The van der Waals surface area contributed by atoms with Crippen molar-refractivity contribution in [1.29, 1.82) is 0 Å². The summed E-state index contributed by atoms with van der Waals surface area (Å²) in [7, 11) is 0. The van der Waals surface area contributed by atoms with Crippen LogP contribution >= 0.6 is 23.2 Å². The number of nitrogens with one attached hydrogen (secondary N) is 1. The van der Waals surface area contributed by atoms with Crippen molar-refractivity contribution in [3.63, 3.8) is 0 Å². The lowest BCUT2D eigenvalue weighted by Gasteiger charge is -2.54. The van der Waals surface area contributed by atoms with Gasteiger partial charge in [0, 0.05) is 23.1 Å². The second kappa shape index (κ2) is 5.90. The zero-order valence-electron chi connectivity index (χ0n) is 11.7. The van der Waals surface area contributed by atoms with Gasteiger partial charge in [-0.25, -0.2) is 0 Å². The smallest absolute Gasteiger partial charge is 0.0667 e. The molecule has 1 aromatic rings. The molecule has 0 spiro atoms. The van der Waals surface area contributed by atoms with Crippen LogP contribution in [0.1, 0.15) is 33.6 Å². The zero-order valence-corrected chi connectivity index (χ0v) is 13.2. The van der Waals surface area contributed by atoms with Crippen LogP contribution in [0.4, 0.5) is 5.69 Å². The van der Waals surface area contributed by atoms with Gasteiger partial charge in [0.1, 0.15) is 0 Å². The second-order valence-corrected chi connectivity index (χ2v) is 6.20. The highest BCUT2D eigenvalue weighted by Crippen LogP contribution is 2.47. The molecule has 1 aromatic carbocycles. The Morgan fingerprint density at radius 3 is 2.68 bits per heavy atom. The summed E-state index contributed by atoms with van der Waals surface area (Å²) in [5, 5.41) is 4.87. The second-order valence-electron chi connectivity index (χ2n) is 5.36. The highest BCUT2D eigenvalue weighted by Gasteiger charge is 2.51. The minimum absolute atomic E-state index is 0.166. The van der Waals surface area contributed by atoms with Crippen LogP contribution in [0, 0.1) is 5.41 Å². The first-order valence-electron chi connectivity index (χ1n) is 6.84. The molecule has 4 heteroatoms. The Labute approximate surface area is 125 Å². The molecule has 2 nitrogen and oxygen atoms in total. The monoisotopic (exact) mass is 301 g/mol. The number of benzene rings is 1. The molecule has 2 rings (SSSR count). The maximum absolute atomic E-state index is 6.21. The van der Waals surface area contributed by atoms with E-state index >= 15 is 0 Å². The molecule has 1 aliphatic rings. The number of rotatable bonds is 5. The Bertz CT molecular complexity index is 452. The third-order valence-electron chi connectivity index (χ3n) is 4.37. The van der Waals surface area contributed by atoms with Gasteiger partial charge in [-0.15, -0.1) is 0 Å². The molecule has 0 saturated heterocycles. The minimum Gasteiger partial charge on any atom is -0.380 e. The Hall–Kier alpha value is -0.440. The fourth-order valence-corrected chi connectivity index (χ4v) is 3.23. The number of anilines is 1. The fourth-order valence-electron chi connectivity index (χ4n) is 2.77. The molecule has 0 aliphatic heterocycles. The molecule has 1 aliphatic carbocycles. The van der Waals surface area contributed by atoms with E-state index in [4.69, 9.17) is 27.9 Å². The van der Waals surface area contributed by atoms with Crippen LogP contribution < -0.4 is 5.32 Å². The Morgan fingerprint density at radius 2 is 2.11 bits per heavy atom. The topological polar surface area (TPSA) is 21.3 Å². The molecule has 19 heavy (non-hydrogen) atoms. The first-order chi connectivity index (χ1) is 9.01. The summed E-state index contributed by atoms with van der Waals surface area (Å²) in [6.07, 6.45) is 2.45. The molecule has 1 N–H and O–H groups in total. The summed E-state index contributed by atoms with van der Waals surface area (Å²) >= 11 is 12.1. The summed E-state index contributed by atoms with van der Waals surface area (Å²) in [5.74, 6) is 0. The van der Waals surface area contributed by atoms with Crippen molar-refractivity contribution in [3.05, 3.63) is 28.2 Å². The number of hydrogen-bond donors (Lipinski definition) is 1. The van der Waals surface area contributed by atoms with Crippen molar-refractivity contribution < 1.29 is 4.74 Å². The van der Waals surface area contributed by atoms with Gasteiger partial charge in [0.25, 0.3) is 0 Å². The van der Waals surface area contributed by atoms with Crippen LogP contribution in [-0.4, -0.2) is 18.8 Å². The lowest BCUT2D eigenvalue weighted by atomic mass is 9.61. The maximum atomic E-state index is 6.21. The van der Waals surface area contributed by atoms with Crippen molar-refractivity contribution in [2.24, 2.45) is 5.41 Å². The van der Waals surface area contributed by atoms with Crippen molar-refractivity contribution >= 4 is 28.9 Å². The van der Waals surface area contributed by atoms with Gasteiger partial charge in [0.15, 0.2) is 0 Å². The van der Waals surface area contributed by atoms with Crippen molar-refractivity contribution in [2.75, 3.05) is 11.9 Å². The molecule has 0 amide bonds. The van der Waals surface area contributed by atoms with E-state index in [0.29, 0.717) is 22.2 Å².